The zero-order chi connectivity index (χ0) is 21.3. The molecule has 14 nitrogen and oxygen atoms in total. The zero-order valence-corrected chi connectivity index (χ0v) is 16.9. The third-order valence-corrected chi connectivity index (χ3v) is 7.13. The molecular weight excluding hydrogens is 472 g/mol. The van der Waals surface area contributed by atoms with Crippen LogP contribution < -0.4 is 5.69 Å². The monoisotopic (exact) mass is 486 g/mol. The van der Waals surface area contributed by atoms with Crippen molar-refractivity contribution >= 4 is 35.7 Å². The summed E-state index contributed by atoms with van der Waals surface area (Å²) in [6.45, 7) is -0.821. The molecule has 160 valence electrons. The summed E-state index contributed by atoms with van der Waals surface area (Å²) in [5.41, 5.74) is -0.756. The van der Waals surface area contributed by atoms with E-state index >= 15 is 0 Å². The van der Waals surface area contributed by atoms with Gasteiger partial charge < -0.3 is 24.3 Å². The molecule has 1 fully saturated rings. The lowest BCUT2D eigenvalue weighted by molar-refractivity contribution is -0.0388. The Morgan fingerprint density at radius 1 is 1.25 bits per heavy atom. The number of aromatic amines is 1. The van der Waals surface area contributed by atoms with Crippen LogP contribution in [-0.2, 0) is 31.6 Å². The molecule has 0 aliphatic carbocycles. The first-order chi connectivity index (χ1) is 12.7. The Morgan fingerprint density at radius 3 is 2.46 bits per heavy atom. The first-order valence-electron chi connectivity index (χ1n) is 7.07. The molecule has 0 bridgehead atoms. The molecule has 3 unspecified atom stereocenters. The minimum atomic E-state index is -5.66. The quantitative estimate of drug-likeness (QED) is 0.256. The van der Waals surface area contributed by atoms with Crippen LogP contribution >= 0.6 is 35.7 Å². The second-order valence-electron chi connectivity index (χ2n) is 5.30. The predicted molar refractivity (Wildman–Crippen MR) is 89.1 cm³/mol. The van der Waals surface area contributed by atoms with Crippen LogP contribution in [0.15, 0.2) is 17.1 Å². The Hall–Kier alpha value is -0.600. The number of alkyl halides is 1. The fourth-order valence-electron chi connectivity index (χ4n) is 2.16. The number of H-pyrrole nitrogens is 1. The summed E-state index contributed by atoms with van der Waals surface area (Å²) in [5.74, 6) is 0. The highest BCUT2D eigenvalue weighted by atomic mass is 32.1. The van der Waals surface area contributed by atoms with Crippen LogP contribution in [0.5, 0.6) is 0 Å². The first-order valence-corrected chi connectivity index (χ1v) is 12.0. The number of nitrogens with one attached hydrogen (secondary N) is 1. The molecule has 0 spiro atoms. The minimum absolute atomic E-state index is 0.110. The van der Waals surface area contributed by atoms with E-state index in [4.69, 9.17) is 31.6 Å². The van der Waals surface area contributed by atoms with Gasteiger partial charge >= 0.3 is 29.2 Å². The van der Waals surface area contributed by atoms with Crippen molar-refractivity contribution in [1.82, 2.24) is 9.55 Å². The van der Waals surface area contributed by atoms with Crippen molar-refractivity contribution in [2.75, 3.05) is 6.61 Å². The molecule has 5 N–H and O–H groups in total. The van der Waals surface area contributed by atoms with E-state index in [-0.39, 0.29) is 11.1 Å². The van der Waals surface area contributed by atoms with Gasteiger partial charge in [-0.3, -0.25) is 14.1 Å². The lowest BCUT2D eigenvalue weighted by atomic mass is 10.2. The number of phosphoric ester groups is 1. The van der Waals surface area contributed by atoms with Crippen LogP contribution in [0.2, 0.25) is 0 Å². The highest BCUT2D eigenvalue weighted by Gasteiger charge is 2.43. The topological polar surface area (TPSA) is 207 Å². The standard InChI is InChI=1S/C9H14FN2O12P3S/c10-6-3-5(22-8(6)12-2-1-7(28)11-9(12)13)4-21-26(17,18)24-27(19,20)23-25(14,15)16/h1-2,5-6,8H,3-4H2,(H,17,18)(H,19,20)(H,11,13,28)(H2,14,15,16)/t5?,6-,8+/m0/s1. The highest BCUT2D eigenvalue weighted by molar-refractivity contribution is 7.71. The number of nitrogens with zero attached hydrogens (tertiary/aromatic N) is 1. The van der Waals surface area contributed by atoms with Crippen molar-refractivity contribution in [2.45, 2.75) is 24.9 Å². The summed E-state index contributed by atoms with van der Waals surface area (Å²) in [6.07, 6.45) is -3.46. The molecule has 0 saturated carbocycles. The van der Waals surface area contributed by atoms with Crippen LogP contribution in [0.3, 0.4) is 0 Å². The zero-order valence-electron chi connectivity index (χ0n) is 13.4. The number of halogens is 1. The van der Waals surface area contributed by atoms with E-state index in [0.717, 1.165) is 4.57 Å². The fraction of sp³-hybridized carbons (Fsp3) is 0.556. The third kappa shape index (κ3) is 7.02. The van der Waals surface area contributed by atoms with Gasteiger partial charge in [-0.25, -0.2) is 22.9 Å². The maximum Gasteiger partial charge on any atom is 0.490 e. The second-order valence-corrected chi connectivity index (χ2v) is 10.2. The van der Waals surface area contributed by atoms with Crippen molar-refractivity contribution in [3.63, 3.8) is 0 Å². The summed E-state index contributed by atoms with van der Waals surface area (Å²) < 4.78 is 65.1. The molecule has 1 aromatic rings. The molecule has 1 aliphatic heterocycles. The van der Waals surface area contributed by atoms with Crippen LogP contribution in [0.1, 0.15) is 12.6 Å². The van der Waals surface area contributed by atoms with Crippen LogP contribution in [0.25, 0.3) is 0 Å². The van der Waals surface area contributed by atoms with Gasteiger partial charge in [0.25, 0.3) is 0 Å². The maximum atomic E-state index is 14.1. The molecule has 2 heterocycles. The Kier molecular flexibility index (Phi) is 7.31. The van der Waals surface area contributed by atoms with Gasteiger partial charge in [0.1, 0.15) is 10.8 Å². The van der Waals surface area contributed by atoms with Gasteiger partial charge in [-0.15, -0.1) is 0 Å². The predicted octanol–water partition coefficient (Wildman–Crippen LogP) is 0.875. The summed E-state index contributed by atoms with van der Waals surface area (Å²) in [7, 11) is -16.5. The Balaban J connectivity index is 1.98. The number of rotatable bonds is 8. The largest absolute Gasteiger partial charge is 0.490 e. The van der Waals surface area contributed by atoms with Crippen LogP contribution in [0, 0.1) is 4.64 Å². The smallest absolute Gasteiger partial charge is 0.349 e. The lowest BCUT2D eigenvalue weighted by Gasteiger charge is -2.18. The van der Waals surface area contributed by atoms with Gasteiger partial charge in [0, 0.05) is 12.6 Å². The van der Waals surface area contributed by atoms with Gasteiger partial charge in [-0.2, -0.15) is 8.62 Å². The summed E-state index contributed by atoms with van der Waals surface area (Å²) >= 11 is 4.75. The van der Waals surface area contributed by atoms with E-state index < -0.39 is 54.3 Å². The van der Waals surface area contributed by atoms with Gasteiger partial charge in [0.2, 0.25) is 0 Å². The number of ether oxygens (including phenoxy) is 1. The number of aromatic nitrogens is 2. The first kappa shape index (κ1) is 23.7. The van der Waals surface area contributed by atoms with Crippen LogP contribution in [0.4, 0.5) is 4.39 Å². The molecule has 0 radical (unpaired) electrons. The molecule has 28 heavy (non-hydrogen) atoms. The van der Waals surface area contributed by atoms with Crippen molar-refractivity contribution in [3.8, 4) is 0 Å². The second kappa shape index (κ2) is 8.64. The van der Waals surface area contributed by atoms with Crippen molar-refractivity contribution in [3.05, 3.63) is 27.4 Å². The Morgan fingerprint density at radius 2 is 1.89 bits per heavy atom. The molecule has 2 rings (SSSR count). The normalized spacial score (nSPS) is 27.2. The van der Waals surface area contributed by atoms with Crippen molar-refractivity contribution < 1.29 is 55.5 Å². The average Bonchev–Trinajstić information content (AvgIpc) is 2.82. The fourth-order valence-corrected chi connectivity index (χ4v) is 5.36. The van der Waals surface area contributed by atoms with E-state index in [2.05, 4.69) is 18.1 Å². The number of phosphoric acid groups is 3. The number of hydrogen-bond donors (Lipinski definition) is 5. The van der Waals surface area contributed by atoms with E-state index in [1.54, 1.807) is 0 Å². The average molecular weight is 486 g/mol. The van der Waals surface area contributed by atoms with Crippen molar-refractivity contribution in [2.24, 2.45) is 0 Å². The molecular formula is C9H14FN2O12P3S. The van der Waals surface area contributed by atoms with Gasteiger partial charge in [0.15, 0.2) is 6.23 Å². The summed E-state index contributed by atoms with van der Waals surface area (Å²) in [4.78, 5) is 49.3. The van der Waals surface area contributed by atoms with Gasteiger partial charge in [-0.05, 0) is 6.07 Å². The SMILES string of the molecule is O=c1[nH]c(=S)ccn1[C@@H]1OC(COP(=O)(O)OP(=O)(O)OP(=O)(O)O)C[C@@H]1F. The number of hydrogen-bond acceptors (Lipinski definition) is 9. The van der Waals surface area contributed by atoms with E-state index in [0.29, 0.717) is 0 Å². The molecule has 1 aliphatic rings. The molecule has 1 aromatic heterocycles. The molecule has 0 amide bonds. The minimum Gasteiger partial charge on any atom is -0.349 e. The summed E-state index contributed by atoms with van der Waals surface area (Å²) in [5, 5.41) is 0. The van der Waals surface area contributed by atoms with Gasteiger partial charge in [0.05, 0.1) is 12.7 Å². The van der Waals surface area contributed by atoms with E-state index in [1.807, 2.05) is 0 Å². The molecule has 19 heteroatoms. The van der Waals surface area contributed by atoms with Crippen LogP contribution in [-0.4, -0.2) is 48.0 Å². The summed E-state index contributed by atoms with van der Waals surface area (Å²) in [6, 6.07) is 1.31. The van der Waals surface area contributed by atoms with Gasteiger partial charge in [-0.1, -0.05) is 12.2 Å². The molecule has 1 saturated heterocycles. The molecule has 5 atom stereocenters. The lowest BCUT2D eigenvalue weighted by Crippen LogP contribution is -2.30. The van der Waals surface area contributed by atoms with E-state index in [1.165, 1.54) is 12.3 Å². The Labute approximate surface area is 160 Å². The Bertz CT molecular complexity index is 976. The maximum absolute atomic E-state index is 14.1. The highest BCUT2D eigenvalue weighted by Crippen LogP contribution is 2.66. The third-order valence-electron chi connectivity index (χ3n) is 3.09. The van der Waals surface area contributed by atoms with Crippen molar-refractivity contribution in [1.29, 1.82) is 0 Å². The molecule has 0 aromatic carbocycles. The van der Waals surface area contributed by atoms with E-state index in [9.17, 15) is 27.8 Å².